The highest BCUT2D eigenvalue weighted by atomic mass is 35.5. The monoisotopic (exact) mass is 596 g/mol. The van der Waals surface area contributed by atoms with Crippen LogP contribution in [-0.2, 0) is 33.9 Å². The van der Waals surface area contributed by atoms with Crippen LogP contribution < -0.4 is 9.62 Å². The molecular formula is C30H29ClN2O7S. The van der Waals surface area contributed by atoms with Crippen LogP contribution in [0.4, 0.5) is 5.69 Å². The highest BCUT2D eigenvalue weighted by Gasteiger charge is 2.69. The van der Waals surface area contributed by atoms with Gasteiger partial charge in [-0.25, -0.2) is 22.3 Å². The molecule has 0 radical (unpaired) electrons. The zero-order valence-electron chi connectivity index (χ0n) is 22.7. The number of ether oxygens (including phenoxy) is 2. The number of hydrogen-bond donors (Lipinski definition) is 1. The second kappa shape index (κ2) is 10.9. The molecule has 11 heteroatoms. The van der Waals surface area contributed by atoms with E-state index in [4.69, 9.17) is 21.1 Å². The fraction of sp³-hybridized carbons (Fsp3) is 0.300. The van der Waals surface area contributed by atoms with Crippen molar-refractivity contribution in [3.05, 3.63) is 94.5 Å². The number of carbonyl (C=O) groups excluding carboxylic acids is 3. The molecule has 0 aliphatic carbocycles. The number of para-hydroxylation sites is 1. The van der Waals surface area contributed by atoms with E-state index in [1.807, 2.05) is 6.92 Å². The summed E-state index contributed by atoms with van der Waals surface area (Å²) in [6.45, 7) is 4.92. The number of rotatable bonds is 7. The molecule has 1 N–H and O–H groups in total. The van der Waals surface area contributed by atoms with Crippen LogP contribution in [0.2, 0.25) is 5.02 Å². The summed E-state index contributed by atoms with van der Waals surface area (Å²) in [4.78, 5) is 42.1. The zero-order chi connectivity index (χ0) is 29.5. The Labute approximate surface area is 243 Å². The molecule has 0 aromatic heterocycles. The van der Waals surface area contributed by atoms with Crippen molar-refractivity contribution in [1.82, 2.24) is 5.32 Å². The lowest BCUT2D eigenvalue weighted by Gasteiger charge is -2.37. The van der Waals surface area contributed by atoms with E-state index in [1.54, 1.807) is 68.4 Å². The topological polar surface area (TPSA) is 119 Å². The van der Waals surface area contributed by atoms with Gasteiger partial charge < -0.3 is 9.47 Å². The van der Waals surface area contributed by atoms with Crippen LogP contribution in [-0.4, -0.2) is 45.0 Å². The molecule has 0 bridgehead atoms. The van der Waals surface area contributed by atoms with Gasteiger partial charge in [-0.3, -0.25) is 10.1 Å². The summed E-state index contributed by atoms with van der Waals surface area (Å²) >= 11 is 6.64. The van der Waals surface area contributed by atoms with E-state index in [0.717, 1.165) is 9.87 Å². The first-order valence-electron chi connectivity index (χ1n) is 13.2. The molecule has 0 spiro atoms. The summed E-state index contributed by atoms with van der Waals surface area (Å²) in [6.07, 6.45) is 0. The molecule has 0 unspecified atom stereocenters. The minimum atomic E-state index is -4.40. The number of amides is 1. The van der Waals surface area contributed by atoms with Crippen molar-refractivity contribution < 1.29 is 32.3 Å². The average Bonchev–Trinajstić information content (AvgIpc) is 3.32. The van der Waals surface area contributed by atoms with Gasteiger partial charge in [-0.15, -0.1) is 0 Å². The van der Waals surface area contributed by atoms with Crippen molar-refractivity contribution in [2.75, 3.05) is 17.5 Å². The van der Waals surface area contributed by atoms with E-state index in [2.05, 4.69) is 5.32 Å². The number of anilines is 1. The van der Waals surface area contributed by atoms with E-state index in [9.17, 15) is 22.8 Å². The van der Waals surface area contributed by atoms with Crippen LogP contribution in [0.3, 0.4) is 0 Å². The minimum absolute atomic E-state index is 0.0509. The summed E-state index contributed by atoms with van der Waals surface area (Å²) in [5.41, 5.74) is -0.510. The SMILES string of the molecule is CCOC(=O)C1(C(=O)OCC)N[C@H]2c3ccccc3N(S(=O)(=O)c3ccc(C)cc3)C(=O)[C@H]2[C@@H]1c1ccccc1Cl. The minimum Gasteiger partial charge on any atom is -0.464 e. The van der Waals surface area contributed by atoms with Gasteiger partial charge in [0, 0.05) is 17.0 Å². The van der Waals surface area contributed by atoms with Gasteiger partial charge in [-0.2, -0.15) is 0 Å². The molecule has 2 aliphatic heterocycles. The van der Waals surface area contributed by atoms with Crippen LogP contribution in [0.25, 0.3) is 0 Å². The molecule has 1 fully saturated rings. The third-order valence-corrected chi connectivity index (χ3v) is 9.61. The van der Waals surface area contributed by atoms with Gasteiger partial charge in [0.25, 0.3) is 10.0 Å². The molecule has 5 rings (SSSR count). The number of nitrogens with one attached hydrogen (secondary N) is 1. The lowest BCUT2D eigenvalue weighted by atomic mass is 9.72. The fourth-order valence-corrected chi connectivity index (χ4v) is 7.52. The predicted molar refractivity (Wildman–Crippen MR) is 152 cm³/mol. The Morgan fingerprint density at radius 2 is 1.46 bits per heavy atom. The lowest BCUT2D eigenvalue weighted by molar-refractivity contribution is -0.166. The molecule has 1 amide bonds. The van der Waals surface area contributed by atoms with Crippen LogP contribution in [0.5, 0.6) is 0 Å². The Balaban J connectivity index is 1.80. The molecule has 2 aliphatic rings. The van der Waals surface area contributed by atoms with E-state index >= 15 is 0 Å². The predicted octanol–water partition coefficient (Wildman–Crippen LogP) is 4.29. The van der Waals surface area contributed by atoms with Crippen LogP contribution in [0.15, 0.2) is 77.7 Å². The van der Waals surface area contributed by atoms with Crippen LogP contribution >= 0.6 is 11.6 Å². The maximum Gasteiger partial charge on any atom is 0.338 e. The van der Waals surface area contributed by atoms with Crippen LogP contribution in [0, 0.1) is 12.8 Å². The number of fused-ring (bicyclic) bond motifs is 3. The first kappa shape index (κ1) is 28.8. The van der Waals surface area contributed by atoms with Gasteiger partial charge in [0.1, 0.15) is 0 Å². The first-order chi connectivity index (χ1) is 19.6. The number of esters is 2. The molecule has 214 valence electrons. The number of aryl methyl sites for hydroxylation is 1. The van der Waals surface area contributed by atoms with Crippen molar-refractivity contribution in [2.24, 2.45) is 5.92 Å². The smallest absolute Gasteiger partial charge is 0.338 e. The average molecular weight is 597 g/mol. The number of carbonyl (C=O) groups is 3. The van der Waals surface area contributed by atoms with E-state index in [1.165, 1.54) is 18.2 Å². The third kappa shape index (κ3) is 4.50. The van der Waals surface area contributed by atoms with Gasteiger partial charge in [0.2, 0.25) is 11.4 Å². The van der Waals surface area contributed by atoms with Gasteiger partial charge in [-0.1, -0.05) is 65.7 Å². The normalized spacial score (nSPS) is 21.1. The number of sulfonamides is 1. The number of hydrogen-bond acceptors (Lipinski definition) is 8. The zero-order valence-corrected chi connectivity index (χ0v) is 24.2. The number of nitrogens with zero attached hydrogens (tertiary/aromatic N) is 1. The second-order valence-electron chi connectivity index (χ2n) is 9.88. The standard InChI is InChI=1S/C30H29ClN2O7S/c1-4-39-28(35)30(29(36)40-5-2)25(20-10-6-8-12-22(20)31)24-26(32-30)21-11-7-9-13-23(21)33(27(24)34)41(37,38)19-16-14-18(3)15-17-19/h6-17,24-26,32H,4-5H2,1-3H3/t24-,25-,26-/m0/s1. The summed E-state index contributed by atoms with van der Waals surface area (Å²) in [5, 5.41) is 3.30. The first-order valence-corrected chi connectivity index (χ1v) is 15.0. The van der Waals surface area contributed by atoms with Gasteiger partial charge in [0.05, 0.1) is 29.7 Å². The molecule has 3 aromatic carbocycles. The van der Waals surface area contributed by atoms with Crippen molar-refractivity contribution >= 4 is 45.2 Å². The van der Waals surface area contributed by atoms with E-state index in [0.29, 0.717) is 11.1 Å². The summed E-state index contributed by atoms with van der Waals surface area (Å²) in [5.74, 6) is -5.23. The maximum absolute atomic E-state index is 14.6. The Morgan fingerprint density at radius 1 is 0.902 bits per heavy atom. The Kier molecular flexibility index (Phi) is 7.67. The number of halogens is 1. The van der Waals surface area contributed by atoms with Crippen molar-refractivity contribution in [3.63, 3.8) is 0 Å². The molecule has 41 heavy (non-hydrogen) atoms. The quantitative estimate of drug-likeness (QED) is 0.317. The van der Waals surface area contributed by atoms with E-state index in [-0.39, 0.29) is 28.8 Å². The second-order valence-corrected chi connectivity index (χ2v) is 12.1. The van der Waals surface area contributed by atoms with Crippen molar-refractivity contribution in [3.8, 4) is 0 Å². The van der Waals surface area contributed by atoms with E-state index < -0.39 is 51.3 Å². The summed E-state index contributed by atoms with van der Waals surface area (Å²) < 4.78 is 39.7. The summed E-state index contributed by atoms with van der Waals surface area (Å²) in [6, 6.07) is 18.3. The van der Waals surface area contributed by atoms with Gasteiger partial charge in [-0.05, 0) is 56.2 Å². The fourth-order valence-electron chi connectivity index (χ4n) is 5.80. The van der Waals surface area contributed by atoms with Crippen molar-refractivity contribution in [1.29, 1.82) is 0 Å². The Hall–Kier alpha value is -3.73. The molecule has 3 aromatic rings. The highest BCUT2D eigenvalue weighted by Crippen LogP contribution is 2.56. The lowest BCUT2D eigenvalue weighted by Crippen LogP contribution is -2.59. The van der Waals surface area contributed by atoms with Crippen LogP contribution in [0.1, 0.15) is 42.5 Å². The van der Waals surface area contributed by atoms with Gasteiger partial charge in [0.15, 0.2) is 0 Å². The molecular weight excluding hydrogens is 568 g/mol. The molecule has 1 saturated heterocycles. The Bertz CT molecular complexity index is 1610. The maximum atomic E-state index is 14.6. The molecule has 2 heterocycles. The molecule has 3 atom stereocenters. The number of benzene rings is 3. The largest absolute Gasteiger partial charge is 0.464 e. The summed E-state index contributed by atoms with van der Waals surface area (Å²) in [7, 11) is -4.40. The van der Waals surface area contributed by atoms with Crippen molar-refractivity contribution in [2.45, 2.75) is 43.2 Å². The Morgan fingerprint density at radius 3 is 2.05 bits per heavy atom. The highest BCUT2D eigenvalue weighted by molar-refractivity contribution is 7.93. The molecule has 0 saturated carbocycles. The molecule has 9 nitrogen and oxygen atoms in total. The third-order valence-electron chi connectivity index (χ3n) is 7.54. The van der Waals surface area contributed by atoms with Gasteiger partial charge >= 0.3 is 11.9 Å².